The molecule has 1 saturated carbocycles. The van der Waals surface area contributed by atoms with Crippen molar-refractivity contribution in [3.05, 3.63) is 53.3 Å². The molecule has 1 amide bonds. The summed E-state index contributed by atoms with van der Waals surface area (Å²) in [6.45, 7) is 1.36. The van der Waals surface area contributed by atoms with Gasteiger partial charge in [0.1, 0.15) is 17.2 Å². The van der Waals surface area contributed by atoms with E-state index in [9.17, 15) is 14.2 Å². The number of benzene rings is 2. The maximum Gasteiger partial charge on any atom is 0.454 e. The Morgan fingerprint density at radius 2 is 2.03 bits per heavy atom. The molecule has 9 heteroatoms. The number of amides is 1. The summed E-state index contributed by atoms with van der Waals surface area (Å²) < 4.78 is 27.4. The van der Waals surface area contributed by atoms with Gasteiger partial charge in [0.2, 0.25) is 0 Å². The molecule has 2 fully saturated rings. The van der Waals surface area contributed by atoms with Gasteiger partial charge in [0.05, 0.1) is 11.3 Å². The van der Waals surface area contributed by atoms with Crippen molar-refractivity contribution >= 4 is 41.6 Å². The molecule has 0 bridgehead atoms. The van der Waals surface area contributed by atoms with Crippen molar-refractivity contribution in [1.82, 2.24) is 5.32 Å². The zero-order chi connectivity index (χ0) is 23.8. The number of nitrogens with zero attached hydrogens (tertiary/aromatic N) is 1. The van der Waals surface area contributed by atoms with Gasteiger partial charge < -0.3 is 23.7 Å². The van der Waals surface area contributed by atoms with Gasteiger partial charge in [0.15, 0.2) is 0 Å². The fourth-order valence-electron chi connectivity index (χ4n) is 4.75. The minimum absolute atomic E-state index is 0.231. The van der Waals surface area contributed by atoms with Crippen LogP contribution in [0.15, 0.2) is 40.8 Å². The van der Waals surface area contributed by atoms with Crippen molar-refractivity contribution < 1.29 is 23.3 Å². The molecule has 1 aromatic heterocycles. The summed E-state index contributed by atoms with van der Waals surface area (Å²) in [6.07, 6.45) is 5.82. The third kappa shape index (κ3) is 4.56. The van der Waals surface area contributed by atoms with Crippen LogP contribution >= 0.6 is 11.9 Å². The Labute approximate surface area is 203 Å². The van der Waals surface area contributed by atoms with E-state index in [4.69, 9.17) is 9.07 Å². The fourth-order valence-corrected chi connectivity index (χ4v) is 5.47. The van der Waals surface area contributed by atoms with Crippen LogP contribution in [-0.2, 0) is 4.65 Å². The maximum atomic E-state index is 13.5. The summed E-state index contributed by atoms with van der Waals surface area (Å²) in [5.74, 6) is 0.651. The van der Waals surface area contributed by atoms with Crippen LogP contribution < -0.4 is 9.62 Å². The number of carbonyl (C=O) groups is 1. The van der Waals surface area contributed by atoms with Crippen molar-refractivity contribution in [3.63, 3.8) is 0 Å². The molecule has 2 aliphatic rings. The number of rotatable bonds is 7. The highest BCUT2D eigenvalue weighted by Crippen LogP contribution is 2.48. The third-order valence-corrected chi connectivity index (χ3v) is 7.49. The van der Waals surface area contributed by atoms with E-state index in [1.54, 1.807) is 31.1 Å². The first-order valence-electron chi connectivity index (χ1n) is 11.7. The number of halogens is 1. The summed E-state index contributed by atoms with van der Waals surface area (Å²) >= 11 is 1.65. The Bertz CT molecular complexity index is 1200. The molecular weight excluding hydrogens is 454 g/mol. The first-order valence-corrected chi connectivity index (χ1v) is 12.9. The van der Waals surface area contributed by atoms with Crippen molar-refractivity contribution in [2.45, 2.75) is 31.5 Å². The van der Waals surface area contributed by atoms with E-state index in [1.165, 1.54) is 17.7 Å². The van der Waals surface area contributed by atoms with Crippen molar-refractivity contribution in [2.75, 3.05) is 30.8 Å². The van der Waals surface area contributed by atoms with Gasteiger partial charge in [0.25, 0.3) is 5.91 Å². The average Bonchev–Trinajstić information content (AvgIpc) is 3.62. The van der Waals surface area contributed by atoms with Crippen LogP contribution in [0.5, 0.6) is 0 Å². The number of nitrogens with one attached hydrogen (secondary N) is 1. The Hall–Kier alpha value is -2.49. The van der Waals surface area contributed by atoms with Crippen LogP contribution in [0, 0.1) is 11.7 Å². The number of hydrogen-bond donors (Lipinski definition) is 2. The molecule has 2 heterocycles. The maximum absolute atomic E-state index is 13.5. The second kappa shape index (κ2) is 9.64. The highest BCUT2D eigenvalue weighted by Gasteiger charge is 2.33. The topological polar surface area (TPSA) is 74.9 Å². The van der Waals surface area contributed by atoms with Gasteiger partial charge in [-0.2, -0.15) is 0 Å². The van der Waals surface area contributed by atoms with Gasteiger partial charge in [-0.25, -0.2) is 4.39 Å². The molecule has 3 aromatic rings. The summed E-state index contributed by atoms with van der Waals surface area (Å²) in [5.41, 5.74) is 4.06. The van der Waals surface area contributed by atoms with Crippen molar-refractivity contribution in [2.24, 2.45) is 5.92 Å². The first-order chi connectivity index (χ1) is 16.5. The number of carbonyl (C=O) groups excluding carboxylic acids is 1. The Balaban J connectivity index is 1.61. The van der Waals surface area contributed by atoms with E-state index in [0.29, 0.717) is 47.2 Å². The number of anilines is 1. The molecule has 34 heavy (non-hydrogen) atoms. The van der Waals surface area contributed by atoms with Crippen molar-refractivity contribution in [1.29, 1.82) is 0 Å². The van der Waals surface area contributed by atoms with Gasteiger partial charge >= 0.3 is 7.12 Å². The number of furan rings is 1. The van der Waals surface area contributed by atoms with Crippen LogP contribution in [0.1, 0.15) is 41.1 Å². The molecule has 0 spiro atoms. The summed E-state index contributed by atoms with van der Waals surface area (Å²) in [4.78, 5) is 12.9. The van der Waals surface area contributed by atoms with Gasteiger partial charge in [-0.1, -0.05) is 11.9 Å². The average molecular weight is 482 g/mol. The molecule has 1 aliphatic carbocycles. The standard InChI is InChI=1S/C25H28BFN2O4S/c1-28-25(30)23-20-11-19(16-3-4-16)21(29(34-2)14-15-9-10-32-26(31)13-15)12-22(20)33-24(23)17-5-7-18(27)8-6-17/h5-8,11-12,15-16,31H,3-4,9-10,13-14H2,1-2H3,(H,28,30). The predicted octanol–water partition coefficient (Wildman–Crippen LogP) is 5.08. The largest absolute Gasteiger partial charge is 0.455 e. The minimum atomic E-state index is -0.703. The van der Waals surface area contributed by atoms with Crippen LogP contribution in [0.25, 0.3) is 22.3 Å². The lowest BCUT2D eigenvalue weighted by Crippen LogP contribution is -2.34. The van der Waals surface area contributed by atoms with E-state index in [1.807, 2.05) is 6.07 Å². The molecule has 5 rings (SSSR count). The van der Waals surface area contributed by atoms with Crippen LogP contribution in [0.4, 0.5) is 10.1 Å². The summed E-state index contributed by atoms with van der Waals surface area (Å²) in [7, 11) is 0.898. The van der Waals surface area contributed by atoms with E-state index in [-0.39, 0.29) is 11.7 Å². The lowest BCUT2D eigenvalue weighted by atomic mass is 9.74. The second-order valence-electron chi connectivity index (χ2n) is 9.03. The Kier molecular flexibility index (Phi) is 6.60. The third-order valence-electron chi connectivity index (χ3n) is 6.70. The molecular formula is C25H28BFN2O4S. The lowest BCUT2D eigenvalue weighted by Gasteiger charge is -2.31. The second-order valence-corrected chi connectivity index (χ2v) is 9.84. The smallest absolute Gasteiger partial charge is 0.454 e. The molecule has 0 radical (unpaired) electrons. The van der Waals surface area contributed by atoms with Crippen LogP contribution in [0.3, 0.4) is 0 Å². The predicted molar refractivity (Wildman–Crippen MR) is 135 cm³/mol. The lowest BCUT2D eigenvalue weighted by molar-refractivity contribution is 0.0964. The van der Waals surface area contributed by atoms with E-state index >= 15 is 0 Å². The SMILES string of the molecule is CNC(=O)c1c(-c2ccc(F)cc2)oc2cc(N(CC3CCOB(O)C3)SC)c(C3CC3)cc12. The minimum Gasteiger partial charge on any atom is -0.455 e. The van der Waals surface area contributed by atoms with E-state index < -0.39 is 7.12 Å². The first kappa shape index (κ1) is 23.3. The molecule has 178 valence electrons. The molecule has 1 saturated heterocycles. The number of fused-ring (bicyclic) bond motifs is 1. The van der Waals surface area contributed by atoms with E-state index in [2.05, 4.69) is 21.9 Å². The van der Waals surface area contributed by atoms with Gasteiger partial charge in [-0.3, -0.25) is 4.79 Å². The van der Waals surface area contributed by atoms with Crippen LogP contribution in [0.2, 0.25) is 6.32 Å². The normalized spacial score (nSPS) is 18.4. The zero-order valence-electron chi connectivity index (χ0n) is 19.3. The molecule has 1 aliphatic heterocycles. The van der Waals surface area contributed by atoms with Gasteiger partial charge in [-0.05, 0) is 73.3 Å². The molecule has 2 aromatic carbocycles. The molecule has 2 N–H and O–H groups in total. The zero-order valence-corrected chi connectivity index (χ0v) is 20.2. The van der Waals surface area contributed by atoms with Gasteiger partial charge in [0, 0.05) is 43.5 Å². The molecule has 1 unspecified atom stereocenters. The fraction of sp³-hybridized carbons (Fsp3) is 0.400. The van der Waals surface area contributed by atoms with Crippen LogP contribution in [-0.4, -0.2) is 44.5 Å². The Morgan fingerprint density at radius 3 is 2.68 bits per heavy atom. The molecule has 1 atom stereocenters. The van der Waals surface area contributed by atoms with E-state index in [0.717, 1.165) is 36.9 Å². The summed E-state index contributed by atoms with van der Waals surface area (Å²) in [6, 6.07) is 10.1. The van der Waals surface area contributed by atoms with Gasteiger partial charge in [-0.15, -0.1) is 0 Å². The number of hydrogen-bond acceptors (Lipinski definition) is 6. The van der Waals surface area contributed by atoms with Crippen molar-refractivity contribution in [3.8, 4) is 11.3 Å². The highest BCUT2D eigenvalue weighted by molar-refractivity contribution is 7.99. The quantitative estimate of drug-likeness (QED) is 0.362. The Morgan fingerprint density at radius 1 is 1.26 bits per heavy atom. The monoisotopic (exact) mass is 482 g/mol. The summed E-state index contributed by atoms with van der Waals surface area (Å²) in [5, 5.41) is 13.4. The highest BCUT2D eigenvalue weighted by atomic mass is 32.2. The molecule has 6 nitrogen and oxygen atoms in total.